The molecule has 2 aromatic rings. The third kappa shape index (κ3) is 2.35. The summed E-state index contributed by atoms with van der Waals surface area (Å²) in [5.74, 6) is -1.71. The van der Waals surface area contributed by atoms with Gasteiger partial charge in [0.15, 0.2) is 0 Å². The minimum atomic E-state index is -1.13. The predicted octanol–water partition coefficient (Wildman–Crippen LogP) is 3.73. The van der Waals surface area contributed by atoms with Gasteiger partial charge in [-0.2, -0.15) is 0 Å². The maximum atomic E-state index is 13.7. The van der Waals surface area contributed by atoms with E-state index in [1.165, 1.54) is 29.0 Å². The summed E-state index contributed by atoms with van der Waals surface area (Å²) in [6.45, 7) is 0. The third-order valence-corrected chi connectivity index (χ3v) is 2.84. The molecule has 0 bridgehead atoms. The van der Waals surface area contributed by atoms with E-state index < -0.39 is 11.8 Å². The summed E-state index contributed by atoms with van der Waals surface area (Å²) in [6.07, 6.45) is 1.48. The fourth-order valence-corrected chi connectivity index (χ4v) is 2.05. The van der Waals surface area contributed by atoms with Crippen LogP contribution in [0.2, 0.25) is 5.02 Å². The Bertz CT molecular complexity index is 597. The number of nitrogens with zero attached hydrogens (tertiary/aromatic N) is 1. The van der Waals surface area contributed by atoms with E-state index in [9.17, 15) is 9.18 Å². The van der Waals surface area contributed by atoms with Gasteiger partial charge in [0, 0.05) is 15.7 Å². The molecule has 0 aliphatic heterocycles. The summed E-state index contributed by atoms with van der Waals surface area (Å²) < 4.78 is 15.5. The average molecular weight is 319 g/mol. The highest BCUT2D eigenvalue weighted by molar-refractivity contribution is 9.10. The van der Waals surface area contributed by atoms with Crippen LogP contribution >= 0.6 is 27.5 Å². The smallest absolute Gasteiger partial charge is 0.352 e. The number of aromatic nitrogens is 1. The molecule has 0 aliphatic rings. The predicted molar refractivity (Wildman–Crippen MR) is 65.4 cm³/mol. The van der Waals surface area contributed by atoms with Gasteiger partial charge in [-0.1, -0.05) is 11.6 Å². The Morgan fingerprint density at radius 1 is 1.41 bits per heavy atom. The Morgan fingerprint density at radius 2 is 2.12 bits per heavy atom. The Kier molecular flexibility index (Phi) is 3.22. The first-order chi connectivity index (χ1) is 7.99. The van der Waals surface area contributed by atoms with Gasteiger partial charge in [0.1, 0.15) is 11.5 Å². The number of carboxylic acid groups (broad SMARTS) is 1. The first-order valence-electron chi connectivity index (χ1n) is 4.55. The van der Waals surface area contributed by atoms with E-state index in [0.717, 1.165) is 6.07 Å². The van der Waals surface area contributed by atoms with Crippen molar-refractivity contribution < 1.29 is 14.3 Å². The van der Waals surface area contributed by atoms with Crippen molar-refractivity contribution in [3.05, 3.63) is 51.5 Å². The molecule has 0 unspecified atom stereocenters. The number of carbonyl (C=O) groups is 1. The summed E-state index contributed by atoms with van der Waals surface area (Å²) in [5, 5.41) is 9.25. The number of aromatic carboxylic acids is 1. The molecule has 88 valence electrons. The maximum absolute atomic E-state index is 13.7. The molecule has 2 rings (SSSR count). The number of hydrogen-bond donors (Lipinski definition) is 1. The second-order valence-electron chi connectivity index (χ2n) is 3.31. The Balaban J connectivity index is 2.63. The van der Waals surface area contributed by atoms with Crippen LogP contribution in [0.15, 0.2) is 34.9 Å². The van der Waals surface area contributed by atoms with E-state index in [0.29, 0.717) is 4.47 Å². The summed E-state index contributed by atoms with van der Waals surface area (Å²) in [4.78, 5) is 11.0. The zero-order chi connectivity index (χ0) is 12.6. The van der Waals surface area contributed by atoms with Crippen LogP contribution in [-0.4, -0.2) is 15.6 Å². The molecule has 0 atom stereocenters. The molecule has 0 radical (unpaired) electrons. The molecule has 0 spiro atoms. The van der Waals surface area contributed by atoms with Crippen LogP contribution in [0.5, 0.6) is 0 Å². The summed E-state index contributed by atoms with van der Waals surface area (Å²) in [6, 6.07) is 5.46. The fraction of sp³-hybridized carbons (Fsp3) is 0. The van der Waals surface area contributed by atoms with Gasteiger partial charge in [0.05, 0.1) is 5.69 Å². The summed E-state index contributed by atoms with van der Waals surface area (Å²) in [5.41, 5.74) is 0.107. The van der Waals surface area contributed by atoms with E-state index in [1.807, 2.05) is 0 Å². The monoisotopic (exact) mass is 317 g/mol. The quantitative estimate of drug-likeness (QED) is 0.916. The second-order valence-corrected chi connectivity index (χ2v) is 4.67. The van der Waals surface area contributed by atoms with Gasteiger partial charge in [-0.05, 0) is 40.2 Å². The van der Waals surface area contributed by atoms with Gasteiger partial charge >= 0.3 is 5.97 Å². The lowest BCUT2D eigenvalue weighted by atomic mass is 10.3. The van der Waals surface area contributed by atoms with E-state index in [1.54, 1.807) is 0 Å². The Morgan fingerprint density at radius 3 is 2.71 bits per heavy atom. The lowest BCUT2D eigenvalue weighted by molar-refractivity contribution is 0.0688. The number of hydrogen-bond acceptors (Lipinski definition) is 1. The molecule has 6 heteroatoms. The SMILES string of the molecule is O=C(O)c1cc(Br)cn1-c1ccc(Cl)cc1F. The molecule has 0 amide bonds. The average Bonchev–Trinajstić information content (AvgIpc) is 2.60. The molecule has 0 saturated carbocycles. The van der Waals surface area contributed by atoms with Gasteiger partial charge in [0.2, 0.25) is 0 Å². The molecular weight excluding hydrogens is 312 g/mol. The molecule has 1 heterocycles. The number of rotatable bonds is 2. The highest BCUT2D eigenvalue weighted by atomic mass is 79.9. The van der Waals surface area contributed by atoms with E-state index >= 15 is 0 Å². The summed E-state index contributed by atoms with van der Waals surface area (Å²) in [7, 11) is 0. The van der Waals surface area contributed by atoms with Crippen LogP contribution in [0, 0.1) is 5.82 Å². The number of halogens is 3. The Hall–Kier alpha value is -1.33. The van der Waals surface area contributed by atoms with E-state index in [4.69, 9.17) is 16.7 Å². The summed E-state index contributed by atoms with van der Waals surface area (Å²) >= 11 is 8.79. The molecule has 0 saturated heterocycles. The first kappa shape index (κ1) is 12.1. The van der Waals surface area contributed by atoms with Crippen molar-refractivity contribution >= 4 is 33.5 Å². The standard InChI is InChI=1S/C11H6BrClFNO2/c12-6-3-10(11(16)17)15(5-6)9-2-1-7(13)4-8(9)14/h1-5H,(H,16,17). The fourth-order valence-electron chi connectivity index (χ4n) is 1.47. The molecule has 0 fully saturated rings. The second kappa shape index (κ2) is 4.50. The van der Waals surface area contributed by atoms with Crippen molar-refractivity contribution in [1.82, 2.24) is 4.57 Å². The van der Waals surface area contributed by atoms with Crippen LogP contribution in [0.25, 0.3) is 5.69 Å². The van der Waals surface area contributed by atoms with Gasteiger partial charge in [-0.25, -0.2) is 9.18 Å². The van der Waals surface area contributed by atoms with Crippen molar-refractivity contribution in [3.63, 3.8) is 0 Å². The normalized spacial score (nSPS) is 10.5. The maximum Gasteiger partial charge on any atom is 0.352 e. The molecule has 3 nitrogen and oxygen atoms in total. The van der Waals surface area contributed by atoms with Crippen LogP contribution < -0.4 is 0 Å². The first-order valence-corrected chi connectivity index (χ1v) is 5.73. The minimum absolute atomic E-state index is 0.0295. The minimum Gasteiger partial charge on any atom is -0.477 e. The lowest BCUT2D eigenvalue weighted by Crippen LogP contribution is -2.07. The molecule has 0 aliphatic carbocycles. The Labute approximate surface area is 110 Å². The van der Waals surface area contributed by atoms with Gasteiger partial charge in [-0.3, -0.25) is 0 Å². The highest BCUT2D eigenvalue weighted by Crippen LogP contribution is 2.23. The third-order valence-electron chi connectivity index (χ3n) is 2.17. The van der Waals surface area contributed by atoms with Crippen molar-refractivity contribution in [3.8, 4) is 5.69 Å². The number of benzene rings is 1. The van der Waals surface area contributed by atoms with Crippen molar-refractivity contribution in [2.45, 2.75) is 0 Å². The van der Waals surface area contributed by atoms with Crippen molar-refractivity contribution in [1.29, 1.82) is 0 Å². The molecule has 1 aromatic heterocycles. The van der Waals surface area contributed by atoms with Crippen molar-refractivity contribution in [2.24, 2.45) is 0 Å². The zero-order valence-corrected chi connectivity index (χ0v) is 10.7. The van der Waals surface area contributed by atoms with Crippen LogP contribution in [0.4, 0.5) is 4.39 Å². The molecule has 17 heavy (non-hydrogen) atoms. The lowest BCUT2D eigenvalue weighted by Gasteiger charge is -2.07. The molecule has 1 N–H and O–H groups in total. The zero-order valence-electron chi connectivity index (χ0n) is 8.32. The number of carboxylic acids is 1. The van der Waals surface area contributed by atoms with Gasteiger partial charge < -0.3 is 9.67 Å². The molecule has 1 aromatic carbocycles. The van der Waals surface area contributed by atoms with Gasteiger partial charge in [-0.15, -0.1) is 0 Å². The highest BCUT2D eigenvalue weighted by Gasteiger charge is 2.15. The van der Waals surface area contributed by atoms with Crippen LogP contribution in [-0.2, 0) is 0 Å². The van der Waals surface area contributed by atoms with E-state index in [-0.39, 0.29) is 16.4 Å². The van der Waals surface area contributed by atoms with Crippen LogP contribution in [0.1, 0.15) is 10.5 Å². The van der Waals surface area contributed by atoms with Crippen molar-refractivity contribution in [2.75, 3.05) is 0 Å². The molecular formula is C11H6BrClFNO2. The van der Waals surface area contributed by atoms with Gasteiger partial charge in [0.25, 0.3) is 0 Å². The topological polar surface area (TPSA) is 42.2 Å². The van der Waals surface area contributed by atoms with E-state index in [2.05, 4.69) is 15.9 Å². The van der Waals surface area contributed by atoms with Crippen LogP contribution in [0.3, 0.4) is 0 Å². The largest absolute Gasteiger partial charge is 0.477 e.